The highest BCUT2D eigenvalue weighted by Gasteiger charge is 2.50. The number of rotatable bonds is 14. The van der Waals surface area contributed by atoms with Gasteiger partial charge in [0.25, 0.3) is 0 Å². The third-order valence-corrected chi connectivity index (χ3v) is 8.27. The normalized spacial score (nSPS) is 23.6. The Balaban J connectivity index is 1.77. The number of fused-ring (bicyclic) bond motifs is 1. The Labute approximate surface area is 252 Å². The zero-order valence-corrected chi connectivity index (χ0v) is 25.1. The van der Waals surface area contributed by atoms with Gasteiger partial charge in [-0.25, -0.2) is 0 Å². The highest BCUT2D eigenvalue weighted by Crippen LogP contribution is 2.40. The minimum Gasteiger partial charge on any atom is -0.508 e. The molecule has 1 heterocycles. The maximum Gasteiger partial charge on any atom is 0.249 e. The summed E-state index contributed by atoms with van der Waals surface area (Å²) < 4.78 is 0. The second-order valence-corrected chi connectivity index (χ2v) is 12.2. The predicted octanol–water partition coefficient (Wildman–Crippen LogP) is -0.512. The molecular weight excluding hydrogens is 556 g/mol. The molecule has 240 valence electrons. The van der Waals surface area contributed by atoms with E-state index in [2.05, 4.69) is 15.6 Å². The molecule has 0 bridgehead atoms. The maximum atomic E-state index is 14.2. The molecule has 3 amide bonds. The van der Waals surface area contributed by atoms with E-state index in [-0.39, 0.29) is 49.0 Å². The Bertz CT molecular complexity index is 1110. The number of aromatic hydroxyl groups is 1. The molecule has 10 N–H and O–H groups in total. The van der Waals surface area contributed by atoms with Crippen molar-refractivity contribution in [2.45, 2.75) is 102 Å². The van der Waals surface area contributed by atoms with Crippen molar-refractivity contribution < 1.29 is 34.8 Å². The first kappa shape index (κ1) is 34.1. The zero-order valence-electron chi connectivity index (χ0n) is 25.1. The lowest BCUT2D eigenvalue weighted by Gasteiger charge is -2.38. The van der Waals surface area contributed by atoms with E-state index in [9.17, 15) is 34.8 Å². The van der Waals surface area contributed by atoms with E-state index in [1.54, 1.807) is 12.1 Å². The van der Waals surface area contributed by atoms with E-state index in [4.69, 9.17) is 11.5 Å². The first-order valence-electron chi connectivity index (χ1n) is 15.1. The molecule has 1 saturated heterocycles. The lowest BCUT2D eigenvalue weighted by atomic mass is 9.83. The van der Waals surface area contributed by atoms with Gasteiger partial charge in [0, 0.05) is 19.0 Å². The number of aliphatic hydroxyl groups is 3. The molecule has 1 aromatic carbocycles. The lowest BCUT2D eigenvalue weighted by molar-refractivity contribution is -0.146. The van der Waals surface area contributed by atoms with Gasteiger partial charge in [0.15, 0.2) is 5.96 Å². The fourth-order valence-electron chi connectivity index (χ4n) is 6.13. The number of phenols is 1. The summed E-state index contributed by atoms with van der Waals surface area (Å²) in [6.07, 6.45) is 1.17. The third-order valence-electron chi connectivity index (χ3n) is 8.27. The Morgan fingerprint density at radius 3 is 2.42 bits per heavy atom. The number of aliphatic hydroxyl groups excluding tert-OH is 3. The molecule has 0 unspecified atom stereocenters. The van der Waals surface area contributed by atoms with Crippen molar-refractivity contribution in [3.63, 3.8) is 0 Å². The number of carbonyl (C=O) groups excluding carboxylic acids is 3. The van der Waals surface area contributed by atoms with E-state index < -0.39 is 48.1 Å². The number of nitrogens with two attached hydrogens (primary N) is 2. The average molecular weight is 605 g/mol. The van der Waals surface area contributed by atoms with Crippen molar-refractivity contribution in [1.82, 2.24) is 15.5 Å². The summed E-state index contributed by atoms with van der Waals surface area (Å²) in [5.74, 6) is -1.51. The van der Waals surface area contributed by atoms with Crippen LogP contribution in [0.15, 0.2) is 29.3 Å². The van der Waals surface area contributed by atoms with Crippen LogP contribution in [0.2, 0.25) is 0 Å². The molecule has 0 aromatic heterocycles. The van der Waals surface area contributed by atoms with E-state index in [1.807, 2.05) is 13.8 Å². The average Bonchev–Trinajstić information content (AvgIpc) is 3.33. The molecule has 1 aliphatic carbocycles. The molecule has 13 heteroatoms. The van der Waals surface area contributed by atoms with Gasteiger partial charge in [0.05, 0.1) is 18.8 Å². The van der Waals surface area contributed by atoms with Crippen LogP contribution in [0, 0.1) is 11.8 Å². The fourth-order valence-corrected chi connectivity index (χ4v) is 6.13. The van der Waals surface area contributed by atoms with Crippen molar-refractivity contribution in [2.75, 3.05) is 13.2 Å². The molecule has 2 aliphatic rings. The number of phenolic OH excluding ortho intramolecular Hbond substituents is 1. The first-order valence-corrected chi connectivity index (χ1v) is 15.1. The first-order chi connectivity index (χ1) is 20.4. The number of benzene rings is 1. The van der Waals surface area contributed by atoms with Crippen LogP contribution >= 0.6 is 0 Å². The minimum atomic E-state index is -1.43. The van der Waals surface area contributed by atoms with Crippen LogP contribution in [0.5, 0.6) is 5.75 Å². The molecule has 0 radical (unpaired) electrons. The van der Waals surface area contributed by atoms with E-state index in [1.165, 1.54) is 17.0 Å². The monoisotopic (exact) mass is 604 g/mol. The van der Waals surface area contributed by atoms with E-state index >= 15 is 0 Å². The number of aliphatic imine (C=N–C) groups is 1. The molecule has 1 aromatic rings. The Kier molecular flexibility index (Phi) is 12.6. The molecule has 2 fully saturated rings. The summed E-state index contributed by atoms with van der Waals surface area (Å²) in [5, 5.41) is 46.1. The number of hydrogen-bond donors (Lipinski definition) is 8. The Morgan fingerprint density at radius 2 is 1.79 bits per heavy atom. The van der Waals surface area contributed by atoms with Crippen molar-refractivity contribution in [3.8, 4) is 5.75 Å². The van der Waals surface area contributed by atoms with Crippen LogP contribution in [0.1, 0.15) is 64.4 Å². The fraction of sp³-hybridized carbons (Fsp3) is 0.667. The van der Waals surface area contributed by atoms with Gasteiger partial charge in [-0.1, -0.05) is 26.0 Å². The van der Waals surface area contributed by atoms with Gasteiger partial charge < -0.3 is 47.4 Å². The molecular formula is C30H48N6O7. The quantitative estimate of drug-likeness (QED) is 0.0776. The maximum absolute atomic E-state index is 14.2. The SMILES string of the molecule is CC(C)C[C@@H](NC(=O)[C@@H](O)Cc1ccc(O)cc1)C(=O)N1[C@H](C(=O)N[C@H](CO)CCCN=C(N)N)C[C@@H]2CC[C@@H](O)C[C@@H]21. The van der Waals surface area contributed by atoms with Crippen molar-refractivity contribution >= 4 is 23.7 Å². The Hall–Kier alpha value is -3.42. The van der Waals surface area contributed by atoms with Crippen LogP contribution in [-0.4, -0.2) is 98.5 Å². The van der Waals surface area contributed by atoms with Crippen molar-refractivity contribution in [3.05, 3.63) is 29.8 Å². The number of carbonyl (C=O) groups is 3. The van der Waals surface area contributed by atoms with Gasteiger partial charge in [-0.2, -0.15) is 0 Å². The summed E-state index contributed by atoms with van der Waals surface area (Å²) in [6, 6.07) is 3.35. The standard InChI is InChI=1S/C30H48N6O7/c1-17(2)12-23(35-28(42)26(40)13-18-5-8-21(38)9-6-18)29(43)36-24-15-22(39)10-7-19(24)14-25(36)27(41)34-20(16-37)4-3-11-33-30(31)32/h5-6,8-9,17,19-20,22-26,37-40H,3-4,7,10-16H2,1-2H3,(H,34,41)(H,35,42)(H4,31,32,33)/t19-,20-,22+,23+,24-,25-,26-/m0/s1. The van der Waals surface area contributed by atoms with Gasteiger partial charge in [-0.05, 0) is 74.5 Å². The highest BCUT2D eigenvalue weighted by atomic mass is 16.3. The van der Waals surface area contributed by atoms with Crippen LogP contribution in [0.4, 0.5) is 0 Å². The van der Waals surface area contributed by atoms with Gasteiger partial charge in [-0.15, -0.1) is 0 Å². The summed E-state index contributed by atoms with van der Waals surface area (Å²) in [7, 11) is 0. The van der Waals surface area contributed by atoms with Crippen molar-refractivity contribution in [2.24, 2.45) is 28.3 Å². The predicted molar refractivity (Wildman–Crippen MR) is 161 cm³/mol. The third kappa shape index (κ3) is 9.80. The number of nitrogens with zero attached hydrogens (tertiary/aromatic N) is 2. The van der Waals surface area contributed by atoms with Crippen molar-refractivity contribution in [1.29, 1.82) is 0 Å². The second-order valence-electron chi connectivity index (χ2n) is 12.2. The number of guanidine groups is 1. The highest BCUT2D eigenvalue weighted by molar-refractivity contribution is 5.93. The molecule has 1 saturated carbocycles. The van der Waals surface area contributed by atoms with Crippen LogP contribution in [0.3, 0.4) is 0 Å². The van der Waals surface area contributed by atoms with Crippen LogP contribution in [0.25, 0.3) is 0 Å². The van der Waals surface area contributed by atoms with Gasteiger partial charge >= 0.3 is 0 Å². The van der Waals surface area contributed by atoms with E-state index in [0.717, 1.165) is 0 Å². The summed E-state index contributed by atoms with van der Waals surface area (Å²) in [6.45, 7) is 3.87. The van der Waals surface area contributed by atoms with Gasteiger partial charge in [0.2, 0.25) is 17.7 Å². The largest absolute Gasteiger partial charge is 0.508 e. The lowest BCUT2D eigenvalue weighted by Crippen LogP contribution is -2.58. The summed E-state index contributed by atoms with van der Waals surface area (Å²) >= 11 is 0. The topological polar surface area (TPSA) is 224 Å². The Morgan fingerprint density at radius 1 is 1.09 bits per heavy atom. The molecule has 43 heavy (non-hydrogen) atoms. The molecule has 7 atom stereocenters. The van der Waals surface area contributed by atoms with Gasteiger partial charge in [-0.3, -0.25) is 19.4 Å². The molecule has 3 rings (SSSR count). The summed E-state index contributed by atoms with van der Waals surface area (Å²) in [4.78, 5) is 46.3. The molecule has 1 aliphatic heterocycles. The zero-order chi connectivity index (χ0) is 31.7. The molecule has 13 nitrogen and oxygen atoms in total. The van der Waals surface area contributed by atoms with Crippen LogP contribution in [-0.2, 0) is 20.8 Å². The van der Waals surface area contributed by atoms with Gasteiger partial charge in [0.1, 0.15) is 23.9 Å². The van der Waals surface area contributed by atoms with Crippen LogP contribution < -0.4 is 22.1 Å². The molecule has 0 spiro atoms. The van der Waals surface area contributed by atoms with E-state index in [0.29, 0.717) is 50.6 Å². The number of hydrogen-bond acceptors (Lipinski definition) is 8. The minimum absolute atomic E-state index is 0.00744. The summed E-state index contributed by atoms with van der Waals surface area (Å²) in [5.41, 5.74) is 11.4. The smallest absolute Gasteiger partial charge is 0.249 e. The number of nitrogens with one attached hydrogen (secondary N) is 2. The number of amides is 3. The second kappa shape index (κ2) is 15.9. The number of likely N-dealkylation sites (tertiary alicyclic amines) is 1.